The molecule has 6 nitrogen and oxygen atoms in total. The number of nitrogens with zero attached hydrogens (tertiary/aromatic N) is 1. The summed E-state index contributed by atoms with van der Waals surface area (Å²) in [5.74, 6) is 0.300. The minimum atomic E-state index is -0.471. The molecule has 1 aliphatic heterocycles. The number of methoxy groups -OCH3 is 1. The topological polar surface area (TPSA) is 88.4 Å². The third-order valence-electron chi connectivity index (χ3n) is 4.47. The van der Waals surface area contributed by atoms with Gasteiger partial charge in [0.2, 0.25) is 11.8 Å². The monoisotopic (exact) mass is 315 g/mol. The van der Waals surface area contributed by atoms with Crippen LogP contribution in [0.2, 0.25) is 0 Å². The number of carbonyl (C=O) groups is 2. The fourth-order valence-corrected chi connectivity index (χ4v) is 3.23. The Kier molecular flexibility index (Phi) is 4.23. The molecule has 1 saturated heterocycles. The van der Waals surface area contributed by atoms with E-state index in [-0.39, 0.29) is 12.3 Å². The maximum Gasteiger partial charge on any atom is 0.240 e. The maximum atomic E-state index is 12.6. The molecule has 2 aromatic rings. The van der Waals surface area contributed by atoms with Gasteiger partial charge in [0.05, 0.1) is 13.5 Å². The number of aromatic amines is 1. The average molecular weight is 315 g/mol. The van der Waals surface area contributed by atoms with Crippen LogP contribution in [-0.2, 0) is 16.0 Å². The summed E-state index contributed by atoms with van der Waals surface area (Å²) in [6.45, 7) is 0.600. The summed E-state index contributed by atoms with van der Waals surface area (Å²) in [5.41, 5.74) is 7.28. The fraction of sp³-hybridized carbons (Fsp3) is 0.412. The predicted molar refractivity (Wildman–Crippen MR) is 87.1 cm³/mol. The van der Waals surface area contributed by atoms with E-state index in [1.54, 1.807) is 12.0 Å². The quantitative estimate of drug-likeness (QED) is 0.898. The lowest BCUT2D eigenvalue weighted by Gasteiger charge is -2.33. The van der Waals surface area contributed by atoms with E-state index in [0.717, 1.165) is 35.1 Å². The van der Waals surface area contributed by atoms with E-state index in [0.29, 0.717) is 13.0 Å². The van der Waals surface area contributed by atoms with Crippen LogP contribution in [0.3, 0.4) is 0 Å². The number of nitrogens with one attached hydrogen (secondary N) is 1. The molecular formula is C17H21N3O3. The Morgan fingerprint density at radius 1 is 1.39 bits per heavy atom. The Labute approximate surface area is 134 Å². The Morgan fingerprint density at radius 2 is 2.22 bits per heavy atom. The van der Waals surface area contributed by atoms with Crippen LogP contribution in [-0.4, -0.2) is 41.4 Å². The normalized spacial score (nSPS) is 18.1. The Morgan fingerprint density at radius 3 is 2.96 bits per heavy atom. The molecule has 2 amide bonds. The zero-order valence-corrected chi connectivity index (χ0v) is 13.2. The Hall–Kier alpha value is -2.50. The van der Waals surface area contributed by atoms with Crippen LogP contribution < -0.4 is 10.5 Å². The van der Waals surface area contributed by atoms with Gasteiger partial charge in [-0.3, -0.25) is 9.59 Å². The molecule has 1 aliphatic rings. The molecule has 2 heterocycles. The molecule has 1 fully saturated rings. The molecule has 0 aliphatic carbocycles. The van der Waals surface area contributed by atoms with E-state index in [1.165, 1.54) is 0 Å². The van der Waals surface area contributed by atoms with Crippen molar-refractivity contribution in [1.29, 1.82) is 0 Å². The number of benzene rings is 1. The van der Waals surface area contributed by atoms with Gasteiger partial charge in [-0.2, -0.15) is 0 Å². The first kappa shape index (κ1) is 15.4. The first-order valence-electron chi connectivity index (χ1n) is 7.83. The molecule has 3 rings (SSSR count). The minimum Gasteiger partial charge on any atom is -0.497 e. The largest absolute Gasteiger partial charge is 0.497 e. The van der Waals surface area contributed by atoms with Gasteiger partial charge in [-0.25, -0.2) is 0 Å². The maximum absolute atomic E-state index is 12.6. The van der Waals surface area contributed by atoms with Crippen molar-refractivity contribution in [1.82, 2.24) is 9.88 Å². The Balaban J connectivity index is 1.81. The number of rotatable bonds is 4. The molecule has 1 unspecified atom stereocenters. The number of fused-ring (bicyclic) bond motifs is 1. The number of hydrogen-bond donors (Lipinski definition) is 2. The number of hydrogen-bond acceptors (Lipinski definition) is 3. The van der Waals surface area contributed by atoms with Crippen molar-refractivity contribution in [2.75, 3.05) is 13.7 Å². The molecule has 3 N–H and O–H groups in total. The zero-order valence-electron chi connectivity index (χ0n) is 13.2. The van der Waals surface area contributed by atoms with Crippen molar-refractivity contribution < 1.29 is 14.3 Å². The lowest BCUT2D eigenvalue weighted by Crippen LogP contribution is -2.50. The minimum absolute atomic E-state index is 0.0507. The van der Waals surface area contributed by atoms with Crippen molar-refractivity contribution >= 4 is 22.7 Å². The molecule has 1 atom stereocenters. The molecule has 0 saturated carbocycles. The van der Waals surface area contributed by atoms with Crippen LogP contribution in [0.15, 0.2) is 24.4 Å². The van der Waals surface area contributed by atoms with Gasteiger partial charge in [0.15, 0.2) is 0 Å². The summed E-state index contributed by atoms with van der Waals surface area (Å²) >= 11 is 0. The second kappa shape index (κ2) is 6.32. The van der Waals surface area contributed by atoms with Crippen LogP contribution in [0, 0.1) is 0 Å². The zero-order chi connectivity index (χ0) is 16.4. The van der Waals surface area contributed by atoms with E-state index < -0.39 is 11.9 Å². The van der Waals surface area contributed by atoms with Crippen molar-refractivity contribution in [2.45, 2.75) is 31.7 Å². The van der Waals surface area contributed by atoms with Crippen LogP contribution in [0.25, 0.3) is 10.9 Å². The first-order valence-corrected chi connectivity index (χ1v) is 7.83. The highest BCUT2D eigenvalue weighted by Crippen LogP contribution is 2.25. The lowest BCUT2D eigenvalue weighted by molar-refractivity contribution is -0.140. The number of aromatic nitrogens is 1. The number of likely N-dealkylation sites (tertiary alicyclic amines) is 1. The molecule has 0 bridgehead atoms. The second-order valence-electron chi connectivity index (χ2n) is 5.90. The summed E-state index contributed by atoms with van der Waals surface area (Å²) < 4.78 is 5.20. The van der Waals surface area contributed by atoms with Crippen LogP contribution in [0.5, 0.6) is 5.75 Å². The molecule has 122 valence electrons. The van der Waals surface area contributed by atoms with Crippen molar-refractivity contribution in [3.63, 3.8) is 0 Å². The van der Waals surface area contributed by atoms with Gasteiger partial charge < -0.3 is 20.4 Å². The van der Waals surface area contributed by atoms with Gasteiger partial charge >= 0.3 is 0 Å². The summed E-state index contributed by atoms with van der Waals surface area (Å²) in [4.78, 5) is 29.0. The molecule has 0 spiro atoms. The number of H-pyrrole nitrogens is 1. The van der Waals surface area contributed by atoms with Gasteiger partial charge in [0, 0.05) is 29.7 Å². The number of carbonyl (C=O) groups excluding carboxylic acids is 2. The summed E-state index contributed by atoms with van der Waals surface area (Å²) in [7, 11) is 1.62. The highest BCUT2D eigenvalue weighted by molar-refractivity contribution is 5.92. The highest BCUT2D eigenvalue weighted by Gasteiger charge is 2.30. The van der Waals surface area contributed by atoms with Crippen LogP contribution in [0.4, 0.5) is 0 Å². The molecule has 1 aromatic heterocycles. The van der Waals surface area contributed by atoms with Crippen LogP contribution >= 0.6 is 0 Å². The van der Waals surface area contributed by atoms with E-state index in [2.05, 4.69) is 4.98 Å². The molecule has 6 heteroatoms. The predicted octanol–water partition coefficient (Wildman–Crippen LogP) is 1.59. The number of ether oxygens (including phenoxy) is 1. The summed E-state index contributed by atoms with van der Waals surface area (Å²) in [6, 6.07) is 5.24. The van der Waals surface area contributed by atoms with Crippen LogP contribution in [0.1, 0.15) is 24.8 Å². The summed E-state index contributed by atoms with van der Waals surface area (Å²) in [6.07, 6.45) is 4.61. The van der Waals surface area contributed by atoms with Crippen molar-refractivity contribution in [2.24, 2.45) is 5.73 Å². The van der Waals surface area contributed by atoms with Gasteiger partial charge in [-0.15, -0.1) is 0 Å². The number of piperidine rings is 1. The molecule has 23 heavy (non-hydrogen) atoms. The molecule has 0 radical (unpaired) electrons. The highest BCUT2D eigenvalue weighted by atomic mass is 16.5. The van der Waals surface area contributed by atoms with Gasteiger partial charge in [-0.05, 0) is 37.0 Å². The van der Waals surface area contributed by atoms with E-state index >= 15 is 0 Å². The van der Waals surface area contributed by atoms with Crippen molar-refractivity contribution in [3.05, 3.63) is 30.0 Å². The smallest absolute Gasteiger partial charge is 0.240 e. The van der Waals surface area contributed by atoms with E-state index in [4.69, 9.17) is 10.5 Å². The second-order valence-corrected chi connectivity index (χ2v) is 5.90. The van der Waals surface area contributed by atoms with E-state index in [1.807, 2.05) is 24.4 Å². The van der Waals surface area contributed by atoms with Gasteiger partial charge in [0.1, 0.15) is 11.8 Å². The third kappa shape index (κ3) is 3.02. The lowest BCUT2D eigenvalue weighted by atomic mass is 10.00. The Bertz CT molecular complexity index is 738. The number of nitrogens with two attached hydrogens (primary N) is 1. The average Bonchev–Trinajstić information content (AvgIpc) is 2.96. The fourth-order valence-electron chi connectivity index (χ4n) is 3.23. The molecular weight excluding hydrogens is 294 g/mol. The number of amides is 2. The first-order chi connectivity index (χ1) is 11.1. The van der Waals surface area contributed by atoms with Gasteiger partial charge in [-0.1, -0.05) is 0 Å². The number of primary amides is 1. The van der Waals surface area contributed by atoms with E-state index in [9.17, 15) is 9.59 Å². The SMILES string of the molecule is COc1ccc2c(CC(=O)N3CCCCC3C(N)=O)c[nH]c2c1. The molecule has 1 aromatic carbocycles. The standard InChI is InChI=1S/C17H21N3O3/c1-23-12-5-6-13-11(10-19-14(13)9-12)8-16(21)20-7-3-2-4-15(20)17(18)22/h5-6,9-10,15,19H,2-4,7-8H2,1H3,(H2,18,22). The van der Waals surface area contributed by atoms with Gasteiger partial charge in [0.25, 0.3) is 0 Å². The third-order valence-corrected chi connectivity index (χ3v) is 4.47. The van der Waals surface area contributed by atoms with Crippen molar-refractivity contribution in [3.8, 4) is 5.75 Å². The summed E-state index contributed by atoms with van der Waals surface area (Å²) in [5, 5.41) is 0.992.